The normalized spacial score (nSPS) is 13.1. The molecule has 0 fully saturated rings. The molecule has 0 bridgehead atoms. The van der Waals surface area contributed by atoms with Crippen molar-refractivity contribution in [3.05, 3.63) is 35.9 Å². The highest BCUT2D eigenvalue weighted by Gasteiger charge is 2.24. The molecule has 1 aromatic carbocycles. The minimum atomic E-state index is -1.12. The molecule has 4 N–H and O–H groups in total. The van der Waals surface area contributed by atoms with Crippen LogP contribution in [0.1, 0.15) is 32.8 Å². The van der Waals surface area contributed by atoms with Gasteiger partial charge < -0.3 is 21.1 Å². The first-order valence-corrected chi connectivity index (χ1v) is 8.36. The van der Waals surface area contributed by atoms with Gasteiger partial charge in [0.15, 0.2) is 0 Å². The summed E-state index contributed by atoms with van der Waals surface area (Å²) in [7, 11) is 0. The summed E-state index contributed by atoms with van der Waals surface area (Å²) in [5, 5.41) is 16.8. The van der Waals surface area contributed by atoms with Crippen molar-refractivity contribution in [3.8, 4) is 0 Å². The third-order valence-electron chi connectivity index (χ3n) is 3.60. The fourth-order valence-corrected chi connectivity index (χ4v) is 2.25. The molecule has 1 aromatic rings. The summed E-state index contributed by atoms with van der Waals surface area (Å²) in [5.74, 6) is -1.74. The highest BCUT2D eigenvalue weighted by atomic mass is 16.4. The fourth-order valence-electron chi connectivity index (χ4n) is 2.25. The minimum absolute atomic E-state index is 0.175. The van der Waals surface area contributed by atoms with Gasteiger partial charge in [0, 0.05) is 6.54 Å². The zero-order valence-electron chi connectivity index (χ0n) is 14.9. The Morgan fingerprint density at radius 1 is 1.04 bits per heavy atom. The Bertz CT molecular complexity index is 575. The molecular formula is C18H27N3O4. The number of aliphatic carboxylic acids is 1. The van der Waals surface area contributed by atoms with Gasteiger partial charge >= 0.3 is 5.97 Å². The number of carbonyl (C=O) groups excluding carboxylic acids is 2. The first-order valence-electron chi connectivity index (χ1n) is 8.36. The number of hydrogen-bond acceptors (Lipinski definition) is 4. The van der Waals surface area contributed by atoms with Crippen LogP contribution in [0.5, 0.6) is 0 Å². The maximum atomic E-state index is 12.3. The SMILES string of the molecule is CC(C)C[C@H](NC(=O)[C@H](C)NCc1ccccc1)C(=O)NCC(=O)O. The van der Waals surface area contributed by atoms with Crippen molar-refractivity contribution in [2.24, 2.45) is 5.92 Å². The van der Waals surface area contributed by atoms with Gasteiger partial charge in [-0.15, -0.1) is 0 Å². The fraction of sp³-hybridized carbons (Fsp3) is 0.500. The molecular weight excluding hydrogens is 322 g/mol. The topological polar surface area (TPSA) is 108 Å². The summed E-state index contributed by atoms with van der Waals surface area (Å²) in [6, 6.07) is 8.44. The van der Waals surface area contributed by atoms with Gasteiger partial charge in [-0.2, -0.15) is 0 Å². The van der Waals surface area contributed by atoms with Gasteiger partial charge in [-0.05, 0) is 24.8 Å². The van der Waals surface area contributed by atoms with Gasteiger partial charge in [0.05, 0.1) is 6.04 Å². The van der Waals surface area contributed by atoms with E-state index in [9.17, 15) is 14.4 Å². The van der Waals surface area contributed by atoms with Gasteiger partial charge in [-0.3, -0.25) is 14.4 Å². The van der Waals surface area contributed by atoms with Gasteiger partial charge in [-0.1, -0.05) is 44.2 Å². The quantitative estimate of drug-likeness (QED) is 0.502. The maximum Gasteiger partial charge on any atom is 0.322 e. The van der Waals surface area contributed by atoms with Crippen LogP contribution in [0.15, 0.2) is 30.3 Å². The second-order valence-corrected chi connectivity index (χ2v) is 6.39. The van der Waals surface area contributed by atoms with E-state index in [-0.39, 0.29) is 11.8 Å². The van der Waals surface area contributed by atoms with Crippen LogP contribution in [0.25, 0.3) is 0 Å². The summed E-state index contributed by atoms with van der Waals surface area (Å²) >= 11 is 0. The lowest BCUT2D eigenvalue weighted by Crippen LogP contribution is -2.52. The van der Waals surface area contributed by atoms with E-state index in [4.69, 9.17) is 5.11 Å². The van der Waals surface area contributed by atoms with Crippen molar-refractivity contribution >= 4 is 17.8 Å². The van der Waals surface area contributed by atoms with Crippen LogP contribution >= 0.6 is 0 Å². The van der Waals surface area contributed by atoms with E-state index in [0.717, 1.165) is 5.56 Å². The summed E-state index contributed by atoms with van der Waals surface area (Å²) in [5.41, 5.74) is 1.06. The average molecular weight is 349 g/mol. The Morgan fingerprint density at radius 2 is 1.68 bits per heavy atom. The van der Waals surface area contributed by atoms with Crippen LogP contribution in [-0.2, 0) is 20.9 Å². The molecule has 0 spiro atoms. The van der Waals surface area contributed by atoms with Gasteiger partial charge in [0.25, 0.3) is 0 Å². The Kier molecular flexibility index (Phi) is 8.63. The second-order valence-electron chi connectivity index (χ2n) is 6.39. The number of rotatable bonds is 10. The van der Waals surface area contributed by atoms with Crippen molar-refractivity contribution < 1.29 is 19.5 Å². The third-order valence-corrected chi connectivity index (χ3v) is 3.60. The van der Waals surface area contributed by atoms with Crippen molar-refractivity contribution in [2.45, 2.75) is 45.8 Å². The summed E-state index contributed by atoms with van der Waals surface area (Å²) in [6.07, 6.45) is 0.433. The largest absolute Gasteiger partial charge is 0.480 e. The molecule has 0 heterocycles. The number of hydrogen-bond donors (Lipinski definition) is 4. The van der Waals surface area contributed by atoms with Crippen LogP contribution in [0.4, 0.5) is 0 Å². The van der Waals surface area contributed by atoms with Gasteiger partial charge in [-0.25, -0.2) is 0 Å². The van der Waals surface area contributed by atoms with Crippen molar-refractivity contribution in [1.29, 1.82) is 0 Å². The molecule has 0 aromatic heterocycles. The molecule has 0 saturated carbocycles. The highest BCUT2D eigenvalue weighted by molar-refractivity contribution is 5.90. The second kappa shape index (κ2) is 10.5. The molecule has 0 radical (unpaired) electrons. The van der Waals surface area contributed by atoms with E-state index in [2.05, 4.69) is 16.0 Å². The zero-order chi connectivity index (χ0) is 18.8. The lowest BCUT2D eigenvalue weighted by Gasteiger charge is -2.22. The van der Waals surface area contributed by atoms with Gasteiger partial charge in [0.1, 0.15) is 12.6 Å². The van der Waals surface area contributed by atoms with E-state index in [1.54, 1.807) is 6.92 Å². The molecule has 0 aliphatic rings. The molecule has 138 valence electrons. The predicted molar refractivity (Wildman–Crippen MR) is 94.8 cm³/mol. The number of carboxylic acid groups (broad SMARTS) is 1. The predicted octanol–water partition coefficient (Wildman–Crippen LogP) is 0.896. The van der Waals surface area contributed by atoms with E-state index in [1.807, 2.05) is 44.2 Å². The highest BCUT2D eigenvalue weighted by Crippen LogP contribution is 2.06. The van der Waals surface area contributed by atoms with Crippen LogP contribution in [0.2, 0.25) is 0 Å². The summed E-state index contributed by atoms with van der Waals surface area (Å²) < 4.78 is 0. The maximum absolute atomic E-state index is 12.3. The average Bonchev–Trinajstić information content (AvgIpc) is 2.57. The Labute approximate surface area is 148 Å². The smallest absolute Gasteiger partial charge is 0.322 e. The van der Waals surface area contributed by atoms with Crippen molar-refractivity contribution in [3.63, 3.8) is 0 Å². The Hall–Kier alpha value is -2.41. The van der Waals surface area contributed by atoms with Crippen LogP contribution < -0.4 is 16.0 Å². The molecule has 0 aliphatic heterocycles. The molecule has 2 atom stereocenters. The molecule has 0 unspecified atom stereocenters. The molecule has 2 amide bonds. The molecule has 0 aliphatic carbocycles. The molecule has 25 heavy (non-hydrogen) atoms. The number of amides is 2. The van der Waals surface area contributed by atoms with Crippen LogP contribution in [0, 0.1) is 5.92 Å². The Morgan fingerprint density at radius 3 is 2.24 bits per heavy atom. The third kappa shape index (κ3) is 8.30. The van der Waals surface area contributed by atoms with Crippen molar-refractivity contribution in [2.75, 3.05) is 6.54 Å². The van der Waals surface area contributed by atoms with E-state index >= 15 is 0 Å². The van der Waals surface area contributed by atoms with E-state index < -0.39 is 30.5 Å². The first kappa shape index (κ1) is 20.6. The summed E-state index contributed by atoms with van der Waals surface area (Å²) in [6.45, 7) is 5.65. The molecule has 0 saturated heterocycles. The number of benzene rings is 1. The first-order chi connectivity index (χ1) is 11.8. The lowest BCUT2D eigenvalue weighted by atomic mass is 10.0. The minimum Gasteiger partial charge on any atom is -0.480 e. The van der Waals surface area contributed by atoms with E-state index in [1.165, 1.54) is 0 Å². The van der Waals surface area contributed by atoms with Gasteiger partial charge in [0.2, 0.25) is 11.8 Å². The number of carbonyl (C=O) groups is 3. The molecule has 7 heteroatoms. The number of nitrogens with one attached hydrogen (secondary N) is 3. The molecule has 1 rings (SSSR count). The molecule has 7 nitrogen and oxygen atoms in total. The van der Waals surface area contributed by atoms with Crippen LogP contribution in [-0.4, -0.2) is 41.5 Å². The lowest BCUT2D eigenvalue weighted by molar-refractivity contribution is -0.138. The number of carboxylic acids is 1. The standard InChI is InChI=1S/C18H27N3O4/c1-12(2)9-15(18(25)20-11-16(22)23)21-17(24)13(3)19-10-14-7-5-4-6-8-14/h4-8,12-13,15,19H,9-11H2,1-3H3,(H,20,25)(H,21,24)(H,22,23)/t13-,15-/m0/s1. The van der Waals surface area contributed by atoms with Crippen LogP contribution in [0.3, 0.4) is 0 Å². The Balaban J connectivity index is 2.57. The zero-order valence-corrected chi connectivity index (χ0v) is 14.9. The van der Waals surface area contributed by atoms with E-state index in [0.29, 0.717) is 13.0 Å². The summed E-state index contributed by atoms with van der Waals surface area (Å²) in [4.78, 5) is 35.0. The monoisotopic (exact) mass is 349 g/mol. The van der Waals surface area contributed by atoms with Crippen molar-refractivity contribution in [1.82, 2.24) is 16.0 Å².